The molecule has 0 saturated carbocycles. The molecule has 1 aliphatic heterocycles. The Labute approximate surface area is 100 Å². The Bertz CT molecular complexity index is 286. The first-order valence-electron chi connectivity index (χ1n) is 5.61. The van der Waals surface area contributed by atoms with Gasteiger partial charge in [0, 0.05) is 33.2 Å². The normalized spacial score (nSPS) is 25.5. The number of nitrogens with one attached hydrogen (secondary N) is 1. The van der Waals surface area contributed by atoms with E-state index in [1.807, 2.05) is 6.92 Å². The van der Waals surface area contributed by atoms with Crippen molar-refractivity contribution in [2.75, 3.05) is 26.9 Å². The number of hydrogen-bond acceptors (Lipinski definition) is 4. The van der Waals surface area contributed by atoms with E-state index in [1.165, 1.54) is 0 Å². The lowest BCUT2D eigenvalue weighted by Gasteiger charge is -2.24. The first kappa shape index (κ1) is 13.9. The lowest BCUT2D eigenvalue weighted by Crippen LogP contribution is -2.55. The summed E-state index contributed by atoms with van der Waals surface area (Å²) in [5.41, 5.74) is -1.25. The van der Waals surface area contributed by atoms with Gasteiger partial charge in [-0.3, -0.25) is 4.79 Å². The van der Waals surface area contributed by atoms with Gasteiger partial charge in [-0.05, 0) is 5.92 Å². The summed E-state index contributed by atoms with van der Waals surface area (Å²) < 4.78 is 9.98. The topological polar surface area (TPSA) is 84.9 Å². The van der Waals surface area contributed by atoms with Crippen molar-refractivity contribution in [3.8, 4) is 0 Å². The van der Waals surface area contributed by atoms with Gasteiger partial charge < -0.3 is 19.9 Å². The minimum atomic E-state index is -1.25. The van der Waals surface area contributed by atoms with E-state index in [1.54, 1.807) is 7.11 Å². The Kier molecular flexibility index (Phi) is 4.89. The highest BCUT2D eigenvalue weighted by molar-refractivity contribution is 5.87. The van der Waals surface area contributed by atoms with Crippen molar-refractivity contribution in [1.82, 2.24) is 5.32 Å². The molecule has 1 rings (SSSR count). The van der Waals surface area contributed by atoms with Gasteiger partial charge in [0.05, 0.1) is 6.61 Å². The smallest absolute Gasteiger partial charge is 0.331 e. The molecule has 1 saturated heterocycles. The molecule has 17 heavy (non-hydrogen) atoms. The van der Waals surface area contributed by atoms with Crippen molar-refractivity contribution in [3.05, 3.63) is 0 Å². The molecule has 0 radical (unpaired) electrons. The van der Waals surface area contributed by atoms with E-state index in [2.05, 4.69) is 5.32 Å². The van der Waals surface area contributed by atoms with Crippen molar-refractivity contribution in [2.45, 2.75) is 25.3 Å². The third-order valence-corrected chi connectivity index (χ3v) is 2.79. The number of aliphatic carboxylic acids is 1. The predicted octanol–water partition coefficient (Wildman–Crippen LogP) is 0.0189. The highest BCUT2D eigenvalue weighted by Gasteiger charge is 2.43. The highest BCUT2D eigenvalue weighted by atomic mass is 16.5. The van der Waals surface area contributed by atoms with Crippen molar-refractivity contribution in [2.24, 2.45) is 5.92 Å². The fraction of sp³-hybridized carbons (Fsp3) is 0.818. The zero-order valence-electron chi connectivity index (χ0n) is 10.2. The van der Waals surface area contributed by atoms with E-state index >= 15 is 0 Å². The number of methoxy groups -OCH3 is 1. The fourth-order valence-electron chi connectivity index (χ4n) is 1.86. The number of rotatable bonds is 6. The van der Waals surface area contributed by atoms with Crippen molar-refractivity contribution in [1.29, 1.82) is 0 Å². The Balaban J connectivity index is 2.51. The minimum Gasteiger partial charge on any atom is -0.479 e. The molecule has 1 heterocycles. The summed E-state index contributed by atoms with van der Waals surface area (Å²) in [5.74, 6) is -1.25. The van der Waals surface area contributed by atoms with Gasteiger partial charge in [-0.2, -0.15) is 0 Å². The average Bonchev–Trinajstić information content (AvgIpc) is 2.67. The fourth-order valence-corrected chi connectivity index (χ4v) is 1.86. The summed E-state index contributed by atoms with van der Waals surface area (Å²) in [6.07, 6.45) is 0.565. The Morgan fingerprint density at radius 3 is 2.76 bits per heavy atom. The van der Waals surface area contributed by atoms with Crippen LogP contribution in [0.4, 0.5) is 0 Å². The number of carboxylic acid groups (broad SMARTS) is 1. The van der Waals surface area contributed by atoms with Crippen molar-refractivity contribution >= 4 is 11.9 Å². The van der Waals surface area contributed by atoms with E-state index in [0.29, 0.717) is 19.6 Å². The molecule has 1 aliphatic rings. The number of carboxylic acids is 1. The zero-order valence-corrected chi connectivity index (χ0v) is 10.2. The number of carbonyl (C=O) groups excluding carboxylic acids is 1. The summed E-state index contributed by atoms with van der Waals surface area (Å²) in [6.45, 7) is 2.75. The number of ether oxygens (including phenoxy) is 2. The summed E-state index contributed by atoms with van der Waals surface area (Å²) in [5, 5.41) is 11.7. The van der Waals surface area contributed by atoms with Gasteiger partial charge in [0.15, 0.2) is 5.54 Å². The van der Waals surface area contributed by atoms with Gasteiger partial charge in [-0.15, -0.1) is 0 Å². The van der Waals surface area contributed by atoms with E-state index in [9.17, 15) is 9.59 Å². The number of carbonyl (C=O) groups is 2. The third kappa shape index (κ3) is 3.67. The lowest BCUT2D eigenvalue weighted by molar-refractivity contribution is -0.147. The second-order valence-corrected chi connectivity index (χ2v) is 4.50. The highest BCUT2D eigenvalue weighted by Crippen LogP contribution is 2.19. The van der Waals surface area contributed by atoms with Crippen LogP contribution in [0, 0.1) is 5.92 Å². The standard InChI is InChI=1S/C11H19NO5/c1-8(6-16-2)5-9(13)12-11(10(14)15)3-4-17-7-11/h8H,3-7H2,1-2H3,(H,12,13)(H,14,15). The zero-order chi connectivity index (χ0) is 12.9. The van der Waals surface area contributed by atoms with Gasteiger partial charge in [0.2, 0.25) is 5.91 Å². The summed E-state index contributed by atoms with van der Waals surface area (Å²) >= 11 is 0. The largest absolute Gasteiger partial charge is 0.479 e. The van der Waals surface area contributed by atoms with E-state index < -0.39 is 11.5 Å². The maximum atomic E-state index is 11.7. The van der Waals surface area contributed by atoms with Crippen LogP contribution in [0.2, 0.25) is 0 Å². The van der Waals surface area contributed by atoms with Crippen LogP contribution < -0.4 is 5.32 Å². The van der Waals surface area contributed by atoms with Crippen molar-refractivity contribution < 1.29 is 24.2 Å². The maximum absolute atomic E-state index is 11.7. The van der Waals surface area contributed by atoms with Gasteiger partial charge in [0.25, 0.3) is 0 Å². The minimum absolute atomic E-state index is 0.0345. The Morgan fingerprint density at radius 1 is 1.59 bits per heavy atom. The molecule has 2 atom stereocenters. The second-order valence-electron chi connectivity index (χ2n) is 4.50. The van der Waals surface area contributed by atoms with E-state index in [4.69, 9.17) is 14.6 Å². The first-order chi connectivity index (χ1) is 8.00. The molecule has 0 bridgehead atoms. The van der Waals surface area contributed by atoms with Gasteiger partial charge in [-0.25, -0.2) is 4.79 Å². The molecule has 0 aromatic rings. The molecular weight excluding hydrogens is 226 g/mol. The van der Waals surface area contributed by atoms with E-state index in [-0.39, 0.29) is 24.9 Å². The SMILES string of the molecule is COCC(C)CC(=O)NC1(C(=O)O)CCOC1. The summed E-state index contributed by atoms with van der Waals surface area (Å²) in [7, 11) is 1.57. The van der Waals surface area contributed by atoms with Gasteiger partial charge in [0.1, 0.15) is 0 Å². The molecule has 6 heteroatoms. The Morgan fingerprint density at radius 2 is 2.29 bits per heavy atom. The van der Waals surface area contributed by atoms with Gasteiger partial charge in [-0.1, -0.05) is 6.92 Å². The molecular formula is C11H19NO5. The number of hydrogen-bond donors (Lipinski definition) is 2. The van der Waals surface area contributed by atoms with Crippen LogP contribution >= 0.6 is 0 Å². The molecule has 0 spiro atoms. The maximum Gasteiger partial charge on any atom is 0.331 e. The van der Waals surface area contributed by atoms with Gasteiger partial charge >= 0.3 is 5.97 Å². The molecule has 0 aromatic carbocycles. The first-order valence-corrected chi connectivity index (χ1v) is 5.61. The Hall–Kier alpha value is -1.14. The van der Waals surface area contributed by atoms with Crippen LogP contribution in [0.5, 0.6) is 0 Å². The van der Waals surface area contributed by atoms with Crippen LogP contribution in [0.15, 0.2) is 0 Å². The molecule has 0 aromatic heterocycles. The van der Waals surface area contributed by atoms with Crippen LogP contribution in [0.1, 0.15) is 19.8 Å². The summed E-state index contributed by atoms with van der Waals surface area (Å²) in [6, 6.07) is 0. The molecule has 6 nitrogen and oxygen atoms in total. The second kappa shape index (κ2) is 5.97. The molecule has 1 amide bonds. The predicted molar refractivity (Wildman–Crippen MR) is 59.6 cm³/mol. The quantitative estimate of drug-likeness (QED) is 0.689. The average molecular weight is 245 g/mol. The third-order valence-electron chi connectivity index (χ3n) is 2.79. The van der Waals surface area contributed by atoms with E-state index in [0.717, 1.165) is 0 Å². The van der Waals surface area contributed by atoms with Crippen LogP contribution in [0.3, 0.4) is 0 Å². The van der Waals surface area contributed by atoms with Crippen LogP contribution in [-0.4, -0.2) is 49.5 Å². The monoisotopic (exact) mass is 245 g/mol. The number of amides is 1. The molecule has 2 unspecified atom stereocenters. The lowest BCUT2D eigenvalue weighted by atomic mass is 9.98. The molecule has 1 fully saturated rings. The molecule has 98 valence electrons. The van der Waals surface area contributed by atoms with Crippen molar-refractivity contribution in [3.63, 3.8) is 0 Å². The molecule has 0 aliphatic carbocycles. The summed E-state index contributed by atoms with van der Waals surface area (Å²) in [4.78, 5) is 22.9. The molecule has 2 N–H and O–H groups in total. The van der Waals surface area contributed by atoms with Crippen LogP contribution in [0.25, 0.3) is 0 Å². The van der Waals surface area contributed by atoms with Crippen LogP contribution in [-0.2, 0) is 19.1 Å².